The zero-order valence-corrected chi connectivity index (χ0v) is 17.6. The average molecular weight is 450 g/mol. The number of aryl methyl sites for hydroxylation is 1. The molecular weight excluding hydrogens is 433 g/mol. The molecule has 0 fully saturated rings. The molecule has 0 radical (unpaired) electrons. The molecule has 0 aliphatic heterocycles. The standard InChI is InChI=1S/C23H17F3N6O/c1-14-12-31(13-28-14)18-8-7-15(11-19(18)33-2)21-29-22-20(27-9-10-32(22)30-21)16-5-3-4-6-17(16)23(24,25)26/h3-13H,1-2H3. The number of hydrogen-bond donors (Lipinski definition) is 0. The van der Waals surface area contributed by atoms with Crippen molar-refractivity contribution in [3.63, 3.8) is 0 Å². The molecule has 10 heteroatoms. The lowest BCUT2D eigenvalue weighted by atomic mass is 10.0. The fourth-order valence-electron chi connectivity index (χ4n) is 3.65. The smallest absolute Gasteiger partial charge is 0.417 e. The summed E-state index contributed by atoms with van der Waals surface area (Å²) in [6.45, 7) is 1.89. The van der Waals surface area contributed by atoms with Gasteiger partial charge in [-0.2, -0.15) is 13.2 Å². The summed E-state index contributed by atoms with van der Waals surface area (Å²) in [7, 11) is 1.56. The molecule has 33 heavy (non-hydrogen) atoms. The van der Waals surface area contributed by atoms with E-state index in [0.29, 0.717) is 17.1 Å². The van der Waals surface area contributed by atoms with Crippen molar-refractivity contribution in [3.05, 3.63) is 78.6 Å². The molecule has 0 atom stereocenters. The van der Waals surface area contributed by atoms with Crippen molar-refractivity contribution in [2.45, 2.75) is 13.1 Å². The number of methoxy groups -OCH3 is 1. The summed E-state index contributed by atoms with van der Waals surface area (Å²) in [5, 5.41) is 4.45. The molecule has 0 aliphatic carbocycles. The van der Waals surface area contributed by atoms with Crippen molar-refractivity contribution in [2.24, 2.45) is 0 Å². The molecule has 0 saturated carbocycles. The number of hydrogen-bond acceptors (Lipinski definition) is 5. The Morgan fingerprint density at radius 1 is 1.03 bits per heavy atom. The quantitative estimate of drug-likeness (QED) is 0.386. The number of imidazole rings is 1. The Kier molecular flexibility index (Phi) is 4.85. The molecule has 5 aromatic rings. The first-order chi connectivity index (χ1) is 15.8. The van der Waals surface area contributed by atoms with Crippen LogP contribution >= 0.6 is 0 Å². The van der Waals surface area contributed by atoms with Crippen LogP contribution in [-0.2, 0) is 6.18 Å². The molecule has 0 N–H and O–H groups in total. The molecule has 0 aliphatic rings. The Labute approximate surface area is 186 Å². The SMILES string of the molecule is COc1cc(-c2nc3c(-c4ccccc4C(F)(F)F)nccn3n2)ccc1-n1cnc(C)c1. The maximum absolute atomic E-state index is 13.6. The Balaban J connectivity index is 1.63. The van der Waals surface area contributed by atoms with E-state index in [9.17, 15) is 13.2 Å². The van der Waals surface area contributed by atoms with Gasteiger partial charge in [-0.25, -0.2) is 14.5 Å². The third kappa shape index (κ3) is 3.69. The molecule has 0 bridgehead atoms. The fraction of sp³-hybridized carbons (Fsp3) is 0.130. The minimum atomic E-state index is -4.52. The van der Waals surface area contributed by atoms with E-state index in [1.54, 1.807) is 25.7 Å². The van der Waals surface area contributed by atoms with Crippen LogP contribution in [0.1, 0.15) is 11.3 Å². The minimum absolute atomic E-state index is 0.0574. The molecule has 0 unspecified atom stereocenters. The van der Waals surface area contributed by atoms with Crippen LogP contribution in [0.15, 0.2) is 67.4 Å². The highest BCUT2D eigenvalue weighted by molar-refractivity contribution is 5.78. The highest BCUT2D eigenvalue weighted by atomic mass is 19.4. The van der Waals surface area contributed by atoms with Gasteiger partial charge in [-0.1, -0.05) is 18.2 Å². The summed E-state index contributed by atoms with van der Waals surface area (Å²) < 4.78 is 49.5. The van der Waals surface area contributed by atoms with Crippen molar-refractivity contribution in [3.8, 4) is 34.1 Å². The largest absolute Gasteiger partial charge is 0.495 e. The van der Waals surface area contributed by atoms with E-state index in [2.05, 4.69) is 20.1 Å². The van der Waals surface area contributed by atoms with Crippen LogP contribution in [0.5, 0.6) is 5.75 Å². The van der Waals surface area contributed by atoms with E-state index >= 15 is 0 Å². The van der Waals surface area contributed by atoms with Crippen LogP contribution in [0.4, 0.5) is 13.2 Å². The summed E-state index contributed by atoms with van der Waals surface area (Å²) >= 11 is 0. The first kappa shape index (κ1) is 20.7. The Morgan fingerprint density at radius 2 is 1.85 bits per heavy atom. The van der Waals surface area contributed by atoms with Gasteiger partial charge in [0.05, 0.1) is 30.4 Å². The van der Waals surface area contributed by atoms with E-state index in [0.717, 1.165) is 17.4 Å². The van der Waals surface area contributed by atoms with Gasteiger partial charge in [0.15, 0.2) is 11.5 Å². The van der Waals surface area contributed by atoms with Crippen LogP contribution < -0.4 is 4.74 Å². The molecule has 5 rings (SSSR count). The van der Waals surface area contributed by atoms with Gasteiger partial charge in [-0.05, 0) is 31.2 Å². The summed E-state index contributed by atoms with van der Waals surface area (Å²) in [5.74, 6) is 0.907. The zero-order chi connectivity index (χ0) is 23.2. The van der Waals surface area contributed by atoms with E-state index in [4.69, 9.17) is 4.74 Å². The van der Waals surface area contributed by atoms with Crippen molar-refractivity contribution in [2.75, 3.05) is 7.11 Å². The lowest BCUT2D eigenvalue weighted by molar-refractivity contribution is -0.137. The number of halogens is 3. The molecule has 0 saturated heterocycles. The number of benzene rings is 2. The van der Waals surface area contributed by atoms with Gasteiger partial charge in [0.1, 0.15) is 11.4 Å². The molecular formula is C23H17F3N6O. The van der Waals surface area contributed by atoms with Crippen molar-refractivity contribution < 1.29 is 17.9 Å². The fourth-order valence-corrected chi connectivity index (χ4v) is 3.65. The van der Waals surface area contributed by atoms with Gasteiger partial charge in [0.25, 0.3) is 0 Å². The molecule has 7 nitrogen and oxygen atoms in total. The third-order valence-corrected chi connectivity index (χ3v) is 5.17. The monoisotopic (exact) mass is 450 g/mol. The second kappa shape index (κ2) is 7.73. The maximum Gasteiger partial charge on any atom is 0.417 e. The highest BCUT2D eigenvalue weighted by Gasteiger charge is 2.34. The van der Waals surface area contributed by atoms with Gasteiger partial charge in [0.2, 0.25) is 0 Å². The van der Waals surface area contributed by atoms with Gasteiger partial charge < -0.3 is 9.30 Å². The van der Waals surface area contributed by atoms with Gasteiger partial charge in [-0.3, -0.25) is 4.98 Å². The van der Waals surface area contributed by atoms with E-state index in [1.807, 2.05) is 29.8 Å². The second-order valence-electron chi connectivity index (χ2n) is 7.33. The van der Waals surface area contributed by atoms with Crippen LogP contribution in [-0.4, -0.2) is 36.2 Å². The second-order valence-corrected chi connectivity index (χ2v) is 7.33. The average Bonchev–Trinajstić information content (AvgIpc) is 3.44. The minimum Gasteiger partial charge on any atom is -0.495 e. The molecule has 0 spiro atoms. The van der Waals surface area contributed by atoms with Crippen LogP contribution in [0, 0.1) is 6.92 Å². The van der Waals surface area contributed by atoms with Crippen LogP contribution in [0.3, 0.4) is 0 Å². The van der Waals surface area contributed by atoms with E-state index in [-0.39, 0.29) is 16.9 Å². The third-order valence-electron chi connectivity index (χ3n) is 5.17. The molecule has 3 aromatic heterocycles. The topological polar surface area (TPSA) is 70.1 Å². The van der Waals surface area contributed by atoms with Crippen molar-refractivity contribution in [1.82, 2.24) is 29.1 Å². The molecule has 166 valence electrons. The predicted octanol–water partition coefficient (Wildman–Crippen LogP) is 4.98. The zero-order valence-electron chi connectivity index (χ0n) is 17.6. The van der Waals surface area contributed by atoms with Gasteiger partial charge in [-0.15, -0.1) is 5.10 Å². The Hall–Kier alpha value is -4.21. The lowest BCUT2D eigenvalue weighted by Gasteiger charge is -2.12. The maximum atomic E-state index is 13.6. The Bertz CT molecular complexity index is 1470. The van der Waals surface area contributed by atoms with Crippen molar-refractivity contribution in [1.29, 1.82) is 0 Å². The first-order valence-electron chi connectivity index (χ1n) is 9.92. The van der Waals surface area contributed by atoms with Crippen LogP contribution in [0.2, 0.25) is 0 Å². The van der Waals surface area contributed by atoms with Gasteiger partial charge in [0, 0.05) is 29.7 Å². The van der Waals surface area contributed by atoms with Gasteiger partial charge >= 0.3 is 6.18 Å². The summed E-state index contributed by atoms with van der Waals surface area (Å²) in [4.78, 5) is 12.9. The van der Waals surface area contributed by atoms with Crippen LogP contribution in [0.25, 0.3) is 34.0 Å². The highest BCUT2D eigenvalue weighted by Crippen LogP contribution is 2.37. The molecule has 2 aromatic carbocycles. The van der Waals surface area contributed by atoms with Crippen molar-refractivity contribution >= 4 is 5.65 Å². The first-order valence-corrected chi connectivity index (χ1v) is 9.92. The summed E-state index contributed by atoms with van der Waals surface area (Å²) in [6, 6.07) is 10.7. The summed E-state index contributed by atoms with van der Waals surface area (Å²) in [6.07, 6.45) is 1.98. The summed E-state index contributed by atoms with van der Waals surface area (Å²) in [5.41, 5.74) is 1.77. The molecule has 3 heterocycles. The number of alkyl halides is 3. The number of ether oxygens (including phenoxy) is 1. The number of aromatic nitrogens is 6. The van der Waals surface area contributed by atoms with E-state index < -0.39 is 11.7 Å². The van der Waals surface area contributed by atoms with E-state index in [1.165, 1.54) is 28.9 Å². The predicted molar refractivity (Wildman–Crippen MR) is 115 cm³/mol. The number of nitrogens with zero attached hydrogens (tertiary/aromatic N) is 6. The molecule has 0 amide bonds. The number of rotatable bonds is 4. The Morgan fingerprint density at radius 3 is 2.58 bits per heavy atom. The number of fused-ring (bicyclic) bond motifs is 1. The normalized spacial score (nSPS) is 11.8. The lowest BCUT2D eigenvalue weighted by Crippen LogP contribution is -2.08.